The Balaban J connectivity index is 1.37. The molecule has 3 heterocycles. The molecule has 3 aromatic heterocycles. The molecule has 37 heavy (non-hydrogen) atoms. The number of rotatable bonds is 5. The van der Waals surface area contributed by atoms with E-state index in [9.17, 15) is 14.0 Å². The number of aromatic nitrogens is 4. The van der Waals surface area contributed by atoms with Crippen molar-refractivity contribution in [2.75, 3.05) is 24.7 Å². The van der Waals surface area contributed by atoms with Gasteiger partial charge in [-0.25, -0.2) is 9.18 Å². The van der Waals surface area contributed by atoms with Crippen LogP contribution in [0.15, 0.2) is 79.3 Å². The molecule has 0 spiro atoms. The van der Waals surface area contributed by atoms with Crippen molar-refractivity contribution in [1.82, 2.24) is 25.1 Å². The van der Waals surface area contributed by atoms with E-state index < -0.39 is 5.91 Å². The number of urea groups is 1. The topological polar surface area (TPSA) is 116 Å². The van der Waals surface area contributed by atoms with Gasteiger partial charge in [0.2, 0.25) is 0 Å². The number of carbonyl (C=O) groups is 2. The predicted octanol–water partition coefficient (Wildman–Crippen LogP) is 5.17. The van der Waals surface area contributed by atoms with Crippen molar-refractivity contribution >= 4 is 34.2 Å². The molecule has 0 saturated carbocycles. The number of pyridine rings is 2. The molecule has 10 heteroatoms. The molecule has 0 radical (unpaired) electrons. The van der Waals surface area contributed by atoms with E-state index in [-0.39, 0.29) is 17.5 Å². The van der Waals surface area contributed by atoms with E-state index in [1.807, 2.05) is 24.3 Å². The van der Waals surface area contributed by atoms with Gasteiger partial charge in [0.1, 0.15) is 5.82 Å². The van der Waals surface area contributed by atoms with Crippen LogP contribution in [-0.2, 0) is 0 Å². The molecule has 3 amide bonds. The second kappa shape index (κ2) is 9.86. The molecule has 0 fully saturated rings. The summed E-state index contributed by atoms with van der Waals surface area (Å²) in [6.07, 6.45) is 4.78. The largest absolute Gasteiger partial charge is 0.331 e. The number of halogens is 1. The van der Waals surface area contributed by atoms with Gasteiger partial charge in [0.05, 0.1) is 35.0 Å². The highest BCUT2D eigenvalue weighted by atomic mass is 19.1. The number of carbonyl (C=O) groups excluding carboxylic acids is 2. The Kier molecular flexibility index (Phi) is 6.29. The van der Waals surface area contributed by atoms with Crippen molar-refractivity contribution in [3.05, 3.63) is 90.8 Å². The van der Waals surface area contributed by atoms with Gasteiger partial charge in [0, 0.05) is 36.8 Å². The monoisotopic (exact) mass is 495 g/mol. The fraction of sp³-hybridized carbons (Fsp3) is 0.0741. The third-order valence-corrected chi connectivity index (χ3v) is 5.67. The number of amides is 3. The molecule has 3 N–H and O–H groups in total. The molecule has 9 nitrogen and oxygen atoms in total. The second-order valence-electron chi connectivity index (χ2n) is 8.51. The maximum Gasteiger partial charge on any atom is 0.321 e. The zero-order valence-electron chi connectivity index (χ0n) is 20.0. The summed E-state index contributed by atoms with van der Waals surface area (Å²) in [5.74, 6) is -0.716. The van der Waals surface area contributed by atoms with E-state index in [2.05, 4.69) is 30.8 Å². The van der Waals surface area contributed by atoms with Gasteiger partial charge in [0.15, 0.2) is 5.69 Å². The third kappa shape index (κ3) is 5.13. The first-order chi connectivity index (χ1) is 17.9. The average molecular weight is 496 g/mol. The number of H-pyrrole nitrogens is 1. The lowest BCUT2D eigenvalue weighted by molar-refractivity contribution is 0.102. The first-order valence-corrected chi connectivity index (χ1v) is 11.3. The van der Waals surface area contributed by atoms with E-state index in [0.29, 0.717) is 28.0 Å². The summed E-state index contributed by atoms with van der Waals surface area (Å²) < 4.78 is 13.2. The summed E-state index contributed by atoms with van der Waals surface area (Å²) in [6, 6.07) is 16.6. The van der Waals surface area contributed by atoms with Crippen molar-refractivity contribution in [2.24, 2.45) is 0 Å². The summed E-state index contributed by atoms with van der Waals surface area (Å²) in [6.45, 7) is 0. The minimum absolute atomic E-state index is 0.226. The molecular formula is C27H22FN7O2. The predicted molar refractivity (Wildman–Crippen MR) is 140 cm³/mol. The highest BCUT2D eigenvalue weighted by Gasteiger charge is 2.16. The number of hydrogen-bond donors (Lipinski definition) is 3. The molecule has 0 saturated heterocycles. The number of hydrogen-bond acceptors (Lipinski definition) is 5. The summed E-state index contributed by atoms with van der Waals surface area (Å²) in [7, 11) is 3.31. The average Bonchev–Trinajstić information content (AvgIpc) is 3.33. The smallest absolute Gasteiger partial charge is 0.321 e. The number of fused-ring (bicyclic) bond motifs is 1. The van der Waals surface area contributed by atoms with Crippen LogP contribution in [0.1, 0.15) is 10.5 Å². The van der Waals surface area contributed by atoms with Gasteiger partial charge in [-0.15, -0.1) is 0 Å². The van der Waals surface area contributed by atoms with E-state index in [4.69, 9.17) is 0 Å². The molecule has 0 aliphatic carbocycles. The summed E-state index contributed by atoms with van der Waals surface area (Å²) in [4.78, 5) is 35.0. The van der Waals surface area contributed by atoms with Gasteiger partial charge in [-0.2, -0.15) is 5.10 Å². The first-order valence-electron chi connectivity index (χ1n) is 11.3. The van der Waals surface area contributed by atoms with E-state index in [1.54, 1.807) is 50.8 Å². The van der Waals surface area contributed by atoms with Crippen molar-refractivity contribution in [3.63, 3.8) is 0 Å². The number of nitrogens with one attached hydrogen (secondary N) is 3. The van der Waals surface area contributed by atoms with Crippen molar-refractivity contribution in [1.29, 1.82) is 0 Å². The fourth-order valence-electron chi connectivity index (χ4n) is 3.72. The maximum atomic E-state index is 13.2. The van der Waals surface area contributed by atoms with Crippen LogP contribution in [0, 0.1) is 5.82 Å². The molecule has 184 valence electrons. The molecular weight excluding hydrogens is 473 g/mol. The maximum absolute atomic E-state index is 13.2. The zero-order valence-corrected chi connectivity index (χ0v) is 20.0. The highest BCUT2D eigenvalue weighted by molar-refractivity contribution is 6.11. The van der Waals surface area contributed by atoms with E-state index >= 15 is 0 Å². The highest BCUT2D eigenvalue weighted by Crippen LogP contribution is 2.27. The number of anilines is 2. The van der Waals surface area contributed by atoms with Crippen molar-refractivity contribution in [2.45, 2.75) is 0 Å². The van der Waals surface area contributed by atoms with Crippen LogP contribution in [0.25, 0.3) is 33.3 Å². The lowest BCUT2D eigenvalue weighted by Gasteiger charge is -2.12. The van der Waals surface area contributed by atoms with Gasteiger partial charge in [-0.05, 0) is 60.2 Å². The van der Waals surface area contributed by atoms with Crippen LogP contribution in [0.3, 0.4) is 0 Å². The van der Waals surface area contributed by atoms with Crippen LogP contribution < -0.4 is 10.6 Å². The Morgan fingerprint density at radius 1 is 0.838 bits per heavy atom. The number of nitrogens with zero attached hydrogens (tertiary/aromatic N) is 4. The molecule has 0 atom stereocenters. The fourth-order valence-corrected chi connectivity index (χ4v) is 3.72. The molecule has 5 aromatic rings. The summed E-state index contributed by atoms with van der Waals surface area (Å²) in [5, 5.41) is 13.3. The zero-order chi connectivity index (χ0) is 25.9. The van der Waals surface area contributed by atoms with Gasteiger partial charge in [-0.1, -0.05) is 6.07 Å². The van der Waals surface area contributed by atoms with Crippen molar-refractivity contribution < 1.29 is 14.0 Å². The minimum atomic E-state index is -0.398. The Morgan fingerprint density at radius 2 is 1.62 bits per heavy atom. The van der Waals surface area contributed by atoms with Crippen LogP contribution in [0.5, 0.6) is 0 Å². The van der Waals surface area contributed by atoms with E-state index in [1.165, 1.54) is 23.2 Å². The normalized spacial score (nSPS) is 10.8. The molecule has 0 aliphatic heterocycles. The summed E-state index contributed by atoms with van der Waals surface area (Å²) in [5.41, 5.74) is 4.98. The number of benzene rings is 2. The third-order valence-electron chi connectivity index (χ3n) is 5.67. The molecule has 2 aromatic carbocycles. The lowest BCUT2D eigenvalue weighted by atomic mass is 10.0. The van der Waals surface area contributed by atoms with Gasteiger partial charge < -0.3 is 15.5 Å². The van der Waals surface area contributed by atoms with Crippen LogP contribution >= 0.6 is 0 Å². The Hall–Kier alpha value is -5.12. The quantitative estimate of drug-likeness (QED) is 0.311. The first kappa shape index (κ1) is 23.6. The van der Waals surface area contributed by atoms with Gasteiger partial charge in [0.25, 0.3) is 5.91 Å². The molecule has 0 aliphatic rings. The molecule has 0 bridgehead atoms. The Morgan fingerprint density at radius 3 is 2.35 bits per heavy atom. The Bertz CT molecular complexity index is 1600. The van der Waals surface area contributed by atoms with Crippen LogP contribution in [0.4, 0.5) is 20.6 Å². The molecule has 5 rings (SSSR count). The van der Waals surface area contributed by atoms with Crippen molar-refractivity contribution in [3.8, 4) is 22.4 Å². The number of aromatic amines is 1. The van der Waals surface area contributed by atoms with Gasteiger partial charge >= 0.3 is 6.03 Å². The standard InChI is InChI=1S/C27H22FN7O2/c1-35(2)27(37)32-21-11-18(13-29-14-21)17-5-9-24-22(12-17)25(34-33-24)26(36)31-20-8-10-23(30-15-20)16-3-6-19(28)7-4-16/h3-15H,1-2H3,(H,31,36)(H,32,37)(H,33,34). The van der Waals surface area contributed by atoms with Gasteiger partial charge in [-0.3, -0.25) is 19.9 Å². The van der Waals surface area contributed by atoms with Crippen LogP contribution in [0.2, 0.25) is 0 Å². The summed E-state index contributed by atoms with van der Waals surface area (Å²) >= 11 is 0. The SMILES string of the molecule is CN(C)C(=O)Nc1cncc(-c2ccc3[nH]nc(C(=O)Nc4ccc(-c5ccc(F)cc5)nc4)c3c2)c1. The lowest BCUT2D eigenvalue weighted by Crippen LogP contribution is -2.27. The second-order valence-corrected chi connectivity index (χ2v) is 8.51. The minimum Gasteiger partial charge on any atom is -0.331 e. The Labute approximate surface area is 211 Å². The van der Waals surface area contributed by atoms with E-state index in [0.717, 1.165) is 16.7 Å². The molecule has 0 unspecified atom stereocenters. The van der Waals surface area contributed by atoms with Crippen LogP contribution in [-0.4, -0.2) is 51.1 Å².